The predicted octanol–water partition coefficient (Wildman–Crippen LogP) is 2.98. The van der Waals surface area contributed by atoms with Gasteiger partial charge in [-0.25, -0.2) is 0 Å². The molecule has 3 heterocycles. The van der Waals surface area contributed by atoms with Crippen LogP contribution in [0.3, 0.4) is 0 Å². The second-order valence-electron chi connectivity index (χ2n) is 7.16. The van der Waals surface area contributed by atoms with Gasteiger partial charge in [-0.15, -0.1) is 0 Å². The van der Waals surface area contributed by atoms with Crippen molar-refractivity contribution in [1.82, 2.24) is 19.7 Å². The Kier molecular flexibility index (Phi) is 4.90. The molecule has 1 atom stereocenters. The zero-order chi connectivity index (χ0) is 18.8. The number of pyridine rings is 1. The Bertz CT molecular complexity index is 952. The van der Waals surface area contributed by atoms with Crippen molar-refractivity contribution in [3.8, 4) is 0 Å². The highest BCUT2D eigenvalue weighted by Crippen LogP contribution is 2.22. The normalized spacial score (nSPS) is 17.9. The third kappa shape index (κ3) is 3.85. The number of hydrogen-bond acceptors (Lipinski definition) is 4. The first-order valence-electron chi connectivity index (χ1n) is 9.36. The van der Waals surface area contributed by atoms with Crippen LogP contribution in [-0.4, -0.2) is 51.4 Å². The summed E-state index contributed by atoms with van der Waals surface area (Å²) in [5.41, 5.74) is 3.57. The molecule has 1 aliphatic rings. The molecule has 1 aliphatic heterocycles. The Morgan fingerprint density at radius 1 is 1.30 bits per heavy atom. The molecule has 1 aromatic carbocycles. The van der Waals surface area contributed by atoms with E-state index in [0.29, 0.717) is 26.2 Å². The van der Waals surface area contributed by atoms with Gasteiger partial charge in [0, 0.05) is 43.2 Å². The van der Waals surface area contributed by atoms with Crippen LogP contribution in [0.4, 0.5) is 0 Å². The van der Waals surface area contributed by atoms with Gasteiger partial charge in [-0.2, -0.15) is 5.10 Å². The van der Waals surface area contributed by atoms with Gasteiger partial charge in [-0.05, 0) is 44.5 Å². The average molecular weight is 364 g/mol. The van der Waals surface area contributed by atoms with E-state index >= 15 is 0 Å². The van der Waals surface area contributed by atoms with Crippen molar-refractivity contribution in [3.05, 3.63) is 59.5 Å². The highest BCUT2D eigenvalue weighted by atomic mass is 16.5. The van der Waals surface area contributed by atoms with Crippen LogP contribution in [0.15, 0.2) is 42.7 Å². The fourth-order valence-electron chi connectivity index (χ4n) is 3.63. The minimum Gasteiger partial charge on any atom is -0.374 e. The van der Waals surface area contributed by atoms with Crippen molar-refractivity contribution in [2.24, 2.45) is 0 Å². The minimum absolute atomic E-state index is 0.0482. The summed E-state index contributed by atoms with van der Waals surface area (Å²) in [5, 5.41) is 5.17. The van der Waals surface area contributed by atoms with Crippen LogP contribution in [-0.2, 0) is 11.3 Å². The molecule has 4 rings (SSSR count). The molecular weight excluding hydrogens is 340 g/mol. The zero-order valence-corrected chi connectivity index (χ0v) is 15.8. The lowest BCUT2D eigenvalue weighted by Gasteiger charge is -2.25. The summed E-state index contributed by atoms with van der Waals surface area (Å²) >= 11 is 0. The lowest BCUT2D eigenvalue weighted by Crippen LogP contribution is -2.38. The van der Waals surface area contributed by atoms with Gasteiger partial charge in [0.05, 0.1) is 23.7 Å². The van der Waals surface area contributed by atoms with E-state index in [1.54, 1.807) is 6.20 Å². The molecule has 0 spiro atoms. The lowest BCUT2D eigenvalue weighted by atomic mass is 10.0. The molecule has 140 valence electrons. The Balaban J connectivity index is 1.63. The summed E-state index contributed by atoms with van der Waals surface area (Å²) in [4.78, 5) is 19.9. The standard InChI is InChI=1S/C21H24N4O2/c1-15-5-6-20-18(11-15)19(12-16(2)23-20)21(26)24-8-4-10-27-17(13-24)14-25-9-3-7-22-25/h3,5-7,9,11-12,17H,4,8,10,13-14H2,1-2H3. The van der Waals surface area contributed by atoms with Gasteiger partial charge >= 0.3 is 0 Å². The van der Waals surface area contributed by atoms with Crippen LogP contribution >= 0.6 is 0 Å². The molecular formula is C21H24N4O2. The number of benzene rings is 1. The van der Waals surface area contributed by atoms with Crippen molar-refractivity contribution in [2.75, 3.05) is 19.7 Å². The SMILES string of the molecule is Cc1ccc2nc(C)cc(C(=O)N3CCCOC(Cn4cccn4)C3)c2c1. The number of carbonyl (C=O) groups excluding carboxylic acids is 1. The first-order chi connectivity index (χ1) is 13.1. The average Bonchev–Trinajstić information content (AvgIpc) is 3.05. The van der Waals surface area contributed by atoms with E-state index in [1.165, 1.54) is 0 Å². The Morgan fingerprint density at radius 2 is 2.19 bits per heavy atom. The maximum atomic E-state index is 13.4. The molecule has 0 saturated carbocycles. The molecule has 6 nitrogen and oxygen atoms in total. The van der Waals surface area contributed by atoms with Gasteiger partial charge in [-0.1, -0.05) is 11.6 Å². The van der Waals surface area contributed by atoms with Crippen LogP contribution in [0.1, 0.15) is 28.0 Å². The largest absolute Gasteiger partial charge is 0.374 e. The van der Waals surface area contributed by atoms with Crippen molar-refractivity contribution < 1.29 is 9.53 Å². The molecule has 1 amide bonds. The molecule has 1 saturated heterocycles. The summed E-state index contributed by atoms with van der Waals surface area (Å²) in [7, 11) is 0. The van der Waals surface area contributed by atoms with E-state index in [2.05, 4.69) is 10.1 Å². The quantitative estimate of drug-likeness (QED) is 0.717. The molecule has 27 heavy (non-hydrogen) atoms. The number of aromatic nitrogens is 3. The van der Waals surface area contributed by atoms with Gasteiger partial charge in [0.2, 0.25) is 0 Å². The molecule has 2 aromatic heterocycles. The minimum atomic E-state index is -0.0627. The summed E-state index contributed by atoms with van der Waals surface area (Å²) in [6, 6.07) is 9.86. The number of nitrogens with zero attached hydrogens (tertiary/aromatic N) is 4. The second kappa shape index (κ2) is 7.48. The van der Waals surface area contributed by atoms with Crippen molar-refractivity contribution in [2.45, 2.75) is 32.9 Å². The molecule has 3 aromatic rings. The Hall–Kier alpha value is -2.73. The van der Waals surface area contributed by atoms with Gasteiger partial charge in [0.25, 0.3) is 5.91 Å². The molecule has 0 bridgehead atoms. The smallest absolute Gasteiger partial charge is 0.254 e. The fraction of sp³-hybridized carbons (Fsp3) is 0.381. The van der Waals surface area contributed by atoms with Crippen molar-refractivity contribution >= 4 is 16.8 Å². The van der Waals surface area contributed by atoms with Crippen molar-refractivity contribution in [3.63, 3.8) is 0 Å². The second-order valence-corrected chi connectivity index (χ2v) is 7.16. The first kappa shape index (κ1) is 17.7. The summed E-state index contributed by atoms with van der Waals surface area (Å²) in [6.07, 6.45) is 4.45. The first-order valence-corrected chi connectivity index (χ1v) is 9.36. The number of carbonyl (C=O) groups is 1. The Labute approximate surface area is 158 Å². The molecule has 6 heteroatoms. The van der Waals surface area contributed by atoms with Gasteiger partial charge in [0.1, 0.15) is 0 Å². The topological polar surface area (TPSA) is 60.3 Å². The maximum Gasteiger partial charge on any atom is 0.254 e. The van der Waals surface area contributed by atoms with Crippen molar-refractivity contribution in [1.29, 1.82) is 0 Å². The van der Waals surface area contributed by atoms with Crippen LogP contribution in [0.25, 0.3) is 10.9 Å². The van der Waals surface area contributed by atoms with E-state index in [1.807, 2.05) is 60.0 Å². The van der Waals surface area contributed by atoms with E-state index in [-0.39, 0.29) is 12.0 Å². The molecule has 1 fully saturated rings. The van der Waals surface area contributed by atoms with Crippen LogP contribution in [0.5, 0.6) is 0 Å². The highest BCUT2D eigenvalue weighted by molar-refractivity contribution is 6.06. The molecule has 0 aliphatic carbocycles. The zero-order valence-electron chi connectivity index (χ0n) is 15.8. The number of rotatable bonds is 3. The van der Waals surface area contributed by atoms with Gasteiger partial charge in [0.15, 0.2) is 0 Å². The number of hydrogen-bond donors (Lipinski definition) is 0. The number of aryl methyl sites for hydroxylation is 2. The predicted molar refractivity (Wildman–Crippen MR) is 104 cm³/mol. The number of fused-ring (bicyclic) bond motifs is 1. The fourth-order valence-corrected chi connectivity index (χ4v) is 3.63. The van der Waals surface area contributed by atoms with E-state index in [4.69, 9.17) is 4.74 Å². The highest BCUT2D eigenvalue weighted by Gasteiger charge is 2.25. The Morgan fingerprint density at radius 3 is 3.00 bits per heavy atom. The van der Waals surface area contributed by atoms with Crippen LogP contribution in [0, 0.1) is 13.8 Å². The monoisotopic (exact) mass is 364 g/mol. The summed E-state index contributed by atoms with van der Waals surface area (Å²) in [6.45, 7) is 6.53. The van der Waals surface area contributed by atoms with Gasteiger partial charge in [-0.3, -0.25) is 14.5 Å². The van der Waals surface area contributed by atoms with Gasteiger partial charge < -0.3 is 9.64 Å². The molecule has 1 unspecified atom stereocenters. The van der Waals surface area contributed by atoms with E-state index in [0.717, 1.165) is 34.1 Å². The summed E-state index contributed by atoms with van der Waals surface area (Å²) < 4.78 is 7.81. The van der Waals surface area contributed by atoms with E-state index in [9.17, 15) is 4.79 Å². The number of amides is 1. The van der Waals surface area contributed by atoms with Crippen LogP contribution in [0.2, 0.25) is 0 Å². The third-order valence-electron chi connectivity index (χ3n) is 4.91. The maximum absolute atomic E-state index is 13.4. The van der Waals surface area contributed by atoms with Crippen LogP contribution < -0.4 is 0 Å². The van der Waals surface area contributed by atoms with E-state index < -0.39 is 0 Å². The number of ether oxygens (including phenoxy) is 1. The molecule has 0 N–H and O–H groups in total. The summed E-state index contributed by atoms with van der Waals surface area (Å²) in [5.74, 6) is 0.0482. The third-order valence-corrected chi connectivity index (χ3v) is 4.91. The molecule has 0 radical (unpaired) electrons. The lowest BCUT2D eigenvalue weighted by molar-refractivity contribution is 0.0368.